The lowest BCUT2D eigenvalue weighted by Crippen LogP contribution is -2.43. The molecule has 1 aliphatic heterocycles. The van der Waals surface area contributed by atoms with Crippen LogP contribution in [0.25, 0.3) is 10.9 Å². The molecule has 1 saturated heterocycles. The molecular formula is C16H20N4O. The van der Waals surface area contributed by atoms with Gasteiger partial charge in [0.2, 0.25) is 0 Å². The van der Waals surface area contributed by atoms with Gasteiger partial charge in [-0.1, -0.05) is 18.2 Å². The lowest BCUT2D eigenvalue weighted by Gasteiger charge is -2.31. The van der Waals surface area contributed by atoms with Crippen molar-refractivity contribution < 1.29 is 4.79 Å². The third-order valence-corrected chi connectivity index (χ3v) is 4.24. The maximum atomic E-state index is 12.8. The Hall–Kier alpha value is -2.14. The Morgan fingerprint density at radius 2 is 2.14 bits per heavy atom. The Morgan fingerprint density at radius 3 is 2.81 bits per heavy atom. The van der Waals surface area contributed by atoms with Crippen LogP contribution in [-0.2, 0) is 0 Å². The Morgan fingerprint density at radius 1 is 1.38 bits per heavy atom. The number of fused-ring (bicyclic) bond motifs is 1. The molecule has 5 nitrogen and oxygen atoms in total. The predicted molar refractivity (Wildman–Crippen MR) is 83.9 cm³/mol. The number of para-hydroxylation sites is 1. The first-order valence-corrected chi connectivity index (χ1v) is 7.21. The average molecular weight is 284 g/mol. The molecule has 1 aliphatic rings. The number of hydrogen-bond donors (Lipinski definition) is 2. The number of anilines is 1. The maximum absolute atomic E-state index is 12.8. The van der Waals surface area contributed by atoms with Crippen LogP contribution in [0.2, 0.25) is 0 Å². The molecule has 1 amide bonds. The van der Waals surface area contributed by atoms with E-state index in [0.29, 0.717) is 5.69 Å². The van der Waals surface area contributed by atoms with Crippen LogP contribution in [0.1, 0.15) is 37.2 Å². The molecule has 3 N–H and O–H groups in total. The van der Waals surface area contributed by atoms with Crippen molar-refractivity contribution in [3.8, 4) is 0 Å². The van der Waals surface area contributed by atoms with Gasteiger partial charge in [-0.05, 0) is 38.8 Å². The molecule has 21 heavy (non-hydrogen) atoms. The molecule has 0 saturated carbocycles. The van der Waals surface area contributed by atoms with E-state index in [2.05, 4.69) is 24.3 Å². The number of aromatic nitrogens is 1. The zero-order valence-electron chi connectivity index (χ0n) is 12.4. The SMILES string of the molecule is CC1(C)CCCN1C(=O)c1cc(NN)c2ccccc2n1. The molecule has 0 bridgehead atoms. The molecule has 3 rings (SSSR count). The molecule has 1 aromatic carbocycles. The van der Waals surface area contributed by atoms with Gasteiger partial charge in [0.25, 0.3) is 5.91 Å². The van der Waals surface area contributed by atoms with Crippen molar-refractivity contribution in [2.75, 3.05) is 12.0 Å². The van der Waals surface area contributed by atoms with Gasteiger partial charge in [-0.25, -0.2) is 4.98 Å². The van der Waals surface area contributed by atoms with E-state index in [9.17, 15) is 4.79 Å². The first-order chi connectivity index (χ1) is 10.0. The van der Waals surface area contributed by atoms with E-state index in [1.165, 1.54) is 0 Å². The number of likely N-dealkylation sites (tertiary alicyclic amines) is 1. The highest BCUT2D eigenvalue weighted by atomic mass is 16.2. The van der Waals surface area contributed by atoms with Crippen molar-refractivity contribution in [2.24, 2.45) is 5.84 Å². The molecule has 0 spiro atoms. The number of nitrogens with zero attached hydrogens (tertiary/aromatic N) is 2. The Labute approximate surface area is 124 Å². The topological polar surface area (TPSA) is 71.2 Å². The summed E-state index contributed by atoms with van der Waals surface area (Å²) in [5.41, 5.74) is 4.49. The highest BCUT2D eigenvalue weighted by molar-refractivity contribution is 6.00. The zero-order chi connectivity index (χ0) is 15.0. The first kappa shape index (κ1) is 13.8. The molecule has 0 atom stereocenters. The number of benzene rings is 1. The van der Waals surface area contributed by atoms with Gasteiger partial charge in [0, 0.05) is 17.5 Å². The lowest BCUT2D eigenvalue weighted by atomic mass is 10.0. The van der Waals surface area contributed by atoms with E-state index in [1.807, 2.05) is 29.2 Å². The molecule has 1 fully saturated rings. The Bertz CT molecular complexity index is 696. The summed E-state index contributed by atoms with van der Waals surface area (Å²) in [7, 11) is 0. The minimum absolute atomic E-state index is 0.0280. The fraction of sp³-hybridized carbons (Fsp3) is 0.375. The van der Waals surface area contributed by atoms with Crippen LogP contribution in [0.5, 0.6) is 0 Å². The number of carbonyl (C=O) groups excluding carboxylic acids is 1. The van der Waals surface area contributed by atoms with Crippen LogP contribution in [0, 0.1) is 0 Å². The standard InChI is InChI=1S/C16H20N4O/c1-16(2)8-5-9-20(16)15(21)14-10-13(19-17)11-6-3-4-7-12(11)18-14/h3-4,6-7,10H,5,8-9,17H2,1-2H3,(H,18,19). The van der Waals surface area contributed by atoms with Gasteiger partial charge < -0.3 is 10.3 Å². The van der Waals surface area contributed by atoms with E-state index in [0.717, 1.165) is 36.0 Å². The summed E-state index contributed by atoms with van der Waals surface area (Å²) < 4.78 is 0. The molecule has 110 valence electrons. The maximum Gasteiger partial charge on any atom is 0.272 e. The molecule has 5 heteroatoms. The minimum atomic E-state index is -0.110. The van der Waals surface area contributed by atoms with Crippen molar-refractivity contribution >= 4 is 22.5 Å². The predicted octanol–water partition coefficient (Wildman–Crippen LogP) is 2.54. The number of carbonyl (C=O) groups is 1. The number of nitrogens with two attached hydrogens (primary N) is 1. The van der Waals surface area contributed by atoms with Gasteiger partial charge in [0.15, 0.2) is 0 Å². The fourth-order valence-corrected chi connectivity index (χ4v) is 3.03. The number of rotatable bonds is 2. The molecule has 2 aromatic rings. The number of pyridine rings is 1. The minimum Gasteiger partial charge on any atom is -0.332 e. The van der Waals surface area contributed by atoms with Gasteiger partial charge in [-0.15, -0.1) is 0 Å². The van der Waals surface area contributed by atoms with Gasteiger partial charge in [0.1, 0.15) is 5.69 Å². The smallest absolute Gasteiger partial charge is 0.272 e. The van der Waals surface area contributed by atoms with Crippen molar-refractivity contribution in [1.82, 2.24) is 9.88 Å². The van der Waals surface area contributed by atoms with Crippen molar-refractivity contribution in [1.29, 1.82) is 0 Å². The van der Waals surface area contributed by atoms with Crippen molar-refractivity contribution in [3.05, 3.63) is 36.0 Å². The van der Waals surface area contributed by atoms with E-state index >= 15 is 0 Å². The van der Waals surface area contributed by atoms with E-state index in [-0.39, 0.29) is 11.4 Å². The number of hydrogen-bond acceptors (Lipinski definition) is 4. The van der Waals surface area contributed by atoms with Crippen LogP contribution in [0.3, 0.4) is 0 Å². The van der Waals surface area contributed by atoms with Crippen molar-refractivity contribution in [3.63, 3.8) is 0 Å². The third-order valence-electron chi connectivity index (χ3n) is 4.24. The highest BCUT2D eigenvalue weighted by Gasteiger charge is 2.36. The number of amides is 1. The highest BCUT2D eigenvalue weighted by Crippen LogP contribution is 2.30. The van der Waals surface area contributed by atoms with Gasteiger partial charge >= 0.3 is 0 Å². The zero-order valence-corrected chi connectivity index (χ0v) is 12.4. The molecule has 0 radical (unpaired) electrons. The second-order valence-corrected chi connectivity index (χ2v) is 6.09. The van der Waals surface area contributed by atoms with Crippen LogP contribution in [0.4, 0.5) is 5.69 Å². The molecule has 0 unspecified atom stereocenters. The molecular weight excluding hydrogens is 264 g/mol. The largest absolute Gasteiger partial charge is 0.332 e. The number of nitrogens with one attached hydrogen (secondary N) is 1. The fourth-order valence-electron chi connectivity index (χ4n) is 3.03. The van der Waals surface area contributed by atoms with Crippen LogP contribution in [0.15, 0.2) is 30.3 Å². The van der Waals surface area contributed by atoms with Crippen LogP contribution >= 0.6 is 0 Å². The number of hydrazine groups is 1. The lowest BCUT2D eigenvalue weighted by molar-refractivity contribution is 0.0646. The molecule has 0 aliphatic carbocycles. The average Bonchev–Trinajstić information content (AvgIpc) is 2.84. The van der Waals surface area contributed by atoms with Gasteiger partial charge in [-0.3, -0.25) is 10.6 Å². The summed E-state index contributed by atoms with van der Waals surface area (Å²) in [5, 5.41) is 0.914. The molecule has 1 aromatic heterocycles. The summed E-state index contributed by atoms with van der Waals surface area (Å²) in [6, 6.07) is 9.40. The summed E-state index contributed by atoms with van der Waals surface area (Å²) in [5.74, 6) is 5.56. The summed E-state index contributed by atoms with van der Waals surface area (Å²) >= 11 is 0. The first-order valence-electron chi connectivity index (χ1n) is 7.21. The Kier molecular flexibility index (Phi) is 3.29. The van der Waals surface area contributed by atoms with E-state index in [4.69, 9.17) is 5.84 Å². The second-order valence-electron chi connectivity index (χ2n) is 6.09. The van der Waals surface area contributed by atoms with Crippen LogP contribution in [-0.4, -0.2) is 27.9 Å². The van der Waals surface area contributed by atoms with Gasteiger partial charge in [0.05, 0.1) is 11.2 Å². The monoisotopic (exact) mass is 284 g/mol. The quantitative estimate of drug-likeness (QED) is 0.656. The van der Waals surface area contributed by atoms with E-state index in [1.54, 1.807) is 6.07 Å². The van der Waals surface area contributed by atoms with Crippen LogP contribution < -0.4 is 11.3 Å². The Balaban J connectivity index is 2.06. The molecule has 2 heterocycles. The normalized spacial score (nSPS) is 17.2. The summed E-state index contributed by atoms with van der Waals surface area (Å²) in [6.45, 7) is 4.98. The van der Waals surface area contributed by atoms with E-state index < -0.39 is 0 Å². The summed E-state index contributed by atoms with van der Waals surface area (Å²) in [6.07, 6.45) is 2.06. The second kappa shape index (κ2) is 5.00. The van der Waals surface area contributed by atoms with Crippen molar-refractivity contribution in [2.45, 2.75) is 32.2 Å². The third kappa shape index (κ3) is 2.34. The number of nitrogen functional groups attached to an aromatic ring is 1. The van der Waals surface area contributed by atoms with Gasteiger partial charge in [-0.2, -0.15) is 0 Å². The summed E-state index contributed by atoms with van der Waals surface area (Å²) in [4.78, 5) is 19.2.